The third-order valence-corrected chi connectivity index (χ3v) is 3.42. The van der Waals surface area contributed by atoms with Crippen molar-refractivity contribution in [1.29, 1.82) is 0 Å². The summed E-state index contributed by atoms with van der Waals surface area (Å²) in [6.07, 6.45) is 0. The Balaban J connectivity index is 2.03. The van der Waals surface area contributed by atoms with Crippen molar-refractivity contribution in [3.05, 3.63) is 76.2 Å². The smallest absolute Gasteiger partial charge is 0.0740 e. The second-order valence-electron chi connectivity index (χ2n) is 4.86. The van der Waals surface area contributed by atoms with E-state index >= 15 is 0 Å². The summed E-state index contributed by atoms with van der Waals surface area (Å²) >= 11 is 0. The van der Waals surface area contributed by atoms with Gasteiger partial charge in [-0.15, -0.1) is 0 Å². The molecule has 3 rings (SSSR count). The highest BCUT2D eigenvalue weighted by molar-refractivity contribution is 6.16. The summed E-state index contributed by atoms with van der Waals surface area (Å²) in [6.45, 7) is 0.967. The molecule has 0 spiro atoms. The van der Waals surface area contributed by atoms with Gasteiger partial charge in [0.2, 0.25) is 0 Å². The zero-order valence-corrected chi connectivity index (χ0v) is 11.5. The van der Waals surface area contributed by atoms with Crippen molar-refractivity contribution >= 4 is 11.4 Å². The number of benzene rings is 2. The molecule has 1 unspecified atom stereocenters. The number of fused-ring (bicyclic) bond motifs is 1. The van der Waals surface area contributed by atoms with Gasteiger partial charge in [-0.1, -0.05) is 53.6 Å². The SMILES string of the molecule is [N-]=[N+]=NCC1CN=C(c2ccccc2)c2ccccc2N1. The largest absolute Gasteiger partial charge is 0.380 e. The molecular weight excluding hydrogens is 262 g/mol. The van der Waals surface area contributed by atoms with Gasteiger partial charge in [-0.05, 0) is 11.6 Å². The fraction of sp³-hybridized carbons (Fsp3) is 0.188. The van der Waals surface area contributed by atoms with Gasteiger partial charge in [0.05, 0.1) is 18.3 Å². The average molecular weight is 277 g/mol. The highest BCUT2D eigenvalue weighted by Gasteiger charge is 2.18. The second kappa shape index (κ2) is 6.11. The second-order valence-corrected chi connectivity index (χ2v) is 4.86. The average Bonchev–Trinajstić information content (AvgIpc) is 2.73. The van der Waals surface area contributed by atoms with Crippen molar-refractivity contribution in [3.8, 4) is 0 Å². The number of aliphatic imine (C=N–C) groups is 1. The van der Waals surface area contributed by atoms with Gasteiger partial charge in [0.15, 0.2) is 0 Å². The van der Waals surface area contributed by atoms with E-state index in [1.807, 2.05) is 36.4 Å². The minimum Gasteiger partial charge on any atom is -0.380 e. The molecule has 2 aromatic rings. The van der Waals surface area contributed by atoms with Crippen LogP contribution in [0.2, 0.25) is 0 Å². The number of para-hydroxylation sites is 1. The fourth-order valence-corrected chi connectivity index (χ4v) is 2.45. The molecule has 0 bridgehead atoms. The maximum absolute atomic E-state index is 8.49. The first-order valence-corrected chi connectivity index (χ1v) is 6.85. The highest BCUT2D eigenvalue weighted by Crippen LogP contribution is 2.23. The molecule has 21 heavy (non-hydrogen) atoms. The lowest BCUT2D eigenvalue weighted by Crippen LogP contribution is -2.25. The number of nitrogens with zero attached hydrogens (tertiary/aromatic N) is 4. The van der Waals surface area contributed by atoms with Crippen LogP contribution in [0.4, 0.5) is 5.69 Å². The molecule has 1 aliphatic heterocycles. The molecule has 0 radical (unpaired) electrons. The highest BCUT2D eigenvalue weighted by atomic mass is 15.2. The molecule has 5 heteroatoms. The Morgan fingerprint density at radius 2 is 1.90 bits per heavy atom. The zero-order chi connectivity index (χ0) is 14.5. The van der Waals surface area contributed by atoms with Gasteiger partial charge in [0.25, 0.3) is 0 Å². The lowest BCUT2D eigenvalue weighted by Gasteiger charge is -2.15. The monoisotopic (exact) mass is 277 g/mol. The molecule has 0 aromatic heterocycles. The minimum absolute atomic E-state index is 0.0169. The summed E-state index contributed by atoms with van der Waals surface area (Å²) < 4.78 is 0. The summed E-state index contributed by atoms with van der Waals surface area (Å²) in [4.78, 5) is 7.57. The normalized spacial score (nSPS) is 16.8. The molecule has 0 fully saturated rings. The summed E-state index contributed by atoms with van der Waals surface area (Å²) in [6, 6.07) is 18.2. The standard InChI is InChI=1S/C16H15N5/c17-21-19-11-13-10-18-16(12-6-2-1-3-7-12)14-8-4-5-9-15(14)20-13/h1-9,13,20H,10-11H2. The van der Waals surface area contributed by atoms with Gasteiger partial charge in [-0.2, -0.15) is 0 Å². The Kier molecular flexibility index (Phi) is 3.85. The van der Waals surface area contributed by atoms with E-state index in [2.05, 4.69) is 33.5 Å². The number of nitrogens with one attached hydrogen (secondary N) is 1. The number of azide groups is 1. The van der Waals surface area contributed by atoms with E-state index in [0.717, 1.165) is 22.5 Å². The molecule has 0 aliphatic carbocycles. The molecule has 1 heterocycles. The number of benzodiazepines with no additional fused rings is 1. The molecule has 2 aromatic carbocycles. The first-order chi connectivity index (χ1) is 10.4. The van der Waals surface area contributed by atoms with Crippen molar-refractivity contribution in [2.75, 3.05) is 18.4 Å². The summed E-state index contributed by atoms with van der Waals surface area (Å²) in [5, 5.41) is 7.07. The van der Waals surface area contributed by atoms with Gasteiger partial charge in [0.1, 0.15) is 0 Å². The third kappa shape index (κ3) is 2.88. The Hall–Kier alpha value is -2.78. The molecule has 104 valence electrons. The van der Waals surface area contributed by atoms with E-state index in [9.17, 15) is 0 Å². The van der Waals surface area contributed by atoms with Crippen molar-refractivity contribution in [3.63, 3.8) is 0 Å². The molecule has 0 saturated carbocycles. The molecule has 1 atom stereocenters. The third-order valence-electron chi connectivity index (χ3n) is 3.42. The first-order valence-electron chi connectivity index (χ1n) is 6.85. The topological polar surface area (TPSA) is 73.2 Å². The Morgan fingerprint density at radius 1 is 1.14 bits per heavy atom. The summed E-state index contributed by atoms with van der Waals surface area (Å²) in [5.74, 6) is 0. The molecular formula is C16H15N5. The van der Waals surface area contributed by atoms with Crippen LogP contribution in [-0.2, 0) is 0 Å². The van der Waals surface area contributed by atoms with E-state index in [1.54, 1.807) is 0 Å². The minimum atomic E-state index is 0.0169. The Morgan fingerprint density at radius 3 is 2.71 bits per heavy atom. The van der Waals surface area contributed by atoms with Crippen LogP contribution in [0, 0.1) is 0 Å². The quantitative estimate of drug-likeness (QED) is 0.519. The molecule has 5 nitrogen and oxygen atoms in total. The van der Waals surface area contributed by atoms with Gasteiger partial charge >= 0.3 is 0 Å². The van der Waals surface area contributed by atoms with Crippen LogP contribution in [0.25, 0.3) is 10.4 Å². The number of hydrogen-bond acceptors (Lipinski definition) is 3. The lowest BCUT2D eigenvalue weighted by molar-refractivity contribution is 0.739. The van der Waals surface area contributed by atoms with Crippen molar-refractivity contribution in [2.24, 2.45) is 10.1 Å². The van der Waals surface area contributed by atoms with Gasteiger partial charge in [0, 0.05) is 28.3 Å². The van der Waals surface area contributed by atoms with Gasteiger partial charge in [-0.3, -0.25) is 4.99 Å². The number of anilines is 1. The van der Waals surface area contributed by atoms with E-state index in [0.29, 0.717) is 13.1 Å². The maximum Gasteiger partial charge on any atom is 0.0740 e. The first kappa shape index (κ1) is 13.2. The van der Waals surface area contributed by atoms with Crippen LogP contribution in [-0.4, -0.2) is 24.8 Å². The van der Waals surface area contributed by atoms with Gasteiger partial charge < -0.3 is 5.32 Å². The maximum atomic E-state index is 8.49. The van der Waals surface area contributed by atoms with Crippen molar-refractivity contribution in [2.45, 2.75) is 6.04 Å². The van der Waals surface area contributed by atoms with E-state index in [-0.39, 0.29) is 6.04 Å². The molecule has 0 saturated heterocycles. The van der Waals surface area contributed by atoms with Crippen molar-refractivity contribution < 1.29 is 0 Å². The molecule has 1 aliphatic rings. The van der Waals surface area contributed by atoms with Crippen LogP contribution >= 0.6 is 0 Å². The van der Waals surface area contributed by atoms with Crippen LogP contribution in [0.15, 0.2) is 64.7 Å². The predicted octanol–water partition coefficient (Wildman–Crippen LogP) is 3.63. The predicted molar refractivity (Wildman–Crippen MR) is 84.8 cm³/mol. The van der Waals surface area contributed by atoms with Crippen LogP contribution in [0.5, 0.6) is 0 Å². The fourth-order valence-electron chi connectivity index (χ4n) is 2.45. The summed E-state index contributed by atoms with van der Waals surface area (Å²) in [5.41, 5.74) is 12.7. The molecule has 1 N–H and O–H groups in total. The van der Waals surface area contributed by atoms with E-state index in [4.69, 9.17) is 10.5 Å². The van der Waals surface area contributed by atoms with Crippen LogP contribution < -0.4 is 5.32 Å². The Labute approximate surface area is 123 Å². The summed E-state index contributed by atoms with van der Waals surface area (Å²) in [7, 11) is 0. The zero-order valence-electron chi connectivity index (χ0n) is 11.5. The van der Waals surface area contributed by atoms with Crippen LogP contribution in [0.3, 0.4) is 0 Å². The van der Waals surface area contributed by atoms with E-state index < -0.39 is 0 Å². The van der Waals surface area contributed by atoms with Crippen LogP contribution in [0.1, 0.15) is 11.1 Å². The Bertz CT molecular complexity index is 702. The van der Waals surface area contributed by atoms with E-state index in [1.165, 1.54) is 0 Å². The van der Waals surface area contributed by atoms with Gasteiger partial charge in [-0.25, -0.2) is 0 Å². The lowest BCUT2D eigenvalue weighted by atomic mass is 10.0. The number of rotatable bonds is 3. The number of hydrogen-bond donors (Lipinski definition) is 1. The molecule has 0 amide bonds. The van der Waals surface area contributed by atoms with Crippen molar-refractivity contribution in [1.82, 2.24) is 0 Å².